The molecule has 164 valence electrons. The first kappa shape index (κ1) is 20.7. The molecule has 0 N–H and O–H groups in total. The van der Waals surface area contributed by atoms with E-state index in [1.165, 1.54) is 22.2 Å². The number of hydrogen-bond donors (Lipinski definition) is 0. The molecule has 9 heteroatoms. The van der Waals surface area contributed by atoms with Gasteiger partial charge in [0.1, 0.15) is 18.0 Å². The Bertz CT molecular complexity index is 1310. The molecule has 0 fully saturated rings. The van der Waals surface area contributed by atoms with E-state index in [0.717, 1.165) is 10.4 Å². The summed E-state index contributed by atoms with van der Waals surface area (Å²) in [6.45, 7) is 3.09. The third-order valence-electron chi connectivity index (χ3n) is 5.38. The number of aromatic nitrogens is 2. The van der Waals surface area contributed by atoms with Crippen LogP contribution in [0.2, 0.25) is 0 Å². The fourth-order valence-electron chi connectivity index (χ4n) is 3.75. The van der Waals surface area contributed by atoms with Gasteiger partial charge in [0.05, 0.1) is 18.3 Å². The Balaban J connectivity index is 1.34. The molecule has 0 saturated heterocycles. The molecule has 0 saturated carbocycles. The lowest BCUT2D eigenvalue weighted by molar-refractivity contribution is -0.133. The van der Waals surface area contributed by atoms with Crippen LogP contribution < -0.4 is 15.0 Å². The average molecular weight is 468 g/mol. The second-order valence-electron chi connectivity index (χ2n) is 7.41. The van der Waals surface area contributed by atoms with Crippen molar-refractivity contribution in [3.05, 3.63) is 63.8 Å². The minimum Gasteiger partial charge on any atom is -0.486 e. The van der Waals surface area contributed by atoms with Crippen LogP contribution in [0.5, 0.6) is 11.5 Å². The van der Waals surface area contributed by atoms with Crippen LogP contribution in [-0.2, 0) is 11.3 Å². The molecule has 4 aromatic rings. The molecular formula is C23H21N3O4S2. The molecule has 1 unspecified atom stereocenters. The summed E-state index contributed by atoms with van der Waals surface area (Å²) in [6.07, 6.45) is 1.19. The zero-order valence-electron chi connectivity index (χ0n) is 17.4. The minimum atomic E-state index is -0.270. The van der Waals surface area contributed by atoms with Gasteiger partial charge < -0.3 is 14.4 Å². The summed E-state index contributed by atoms with van der Waals surface area (Å²) in [7, 11) is 0. The average Bonchev–Trinajstić information content (AvgIpc) is 3.49. The molecule has 0 spiro atoms. The van der Waals surface area contributed by atoms with Gasteiger partial charge in [0.25, 0.3) is 5.56 Å². The number of rotatable bonds is 6. The van der Waals surface area contributed by atoms with Gasteiger partial charge in [-0.15, -0.1) is 22.7 Å². The Morgan fingerprint density at radius 3 is 2.84 bits per heavy atom. The van der Waals surface area contributed by atoms with E-state index in [9.17, 15) is 9.59 Å². The highest BCUT2D eigenvalue weighted by molar-refractivity contribution is 7.18. The van der Waals surface area contributed by atoms with E-state index < -0.39 is 0 Å². The molecule has 7 nitrogen and oxygen atoms in total. The Kier molecular flexibility index (Phi) is 5.67. The summed E-state index contributed by atoms with van der Waals surface area (Å²) in [5.74, 6) is 1.23. The third-order valence-corrected chi connectivity index (χ3v) is 7.17. The number of amides is 1. The lowest BCUT2D eigenvalue weighted by Gasteiger charge is -2.31. The van der Waals surface area contributed by atoms with E-state index in [1.54, 1.807) is 16.2 Å². The summed E-state index contributed by atoms with van der Waals surface area (Å²) in [5, 5.41) is 4.50. The van der Waals surface area contributed by atoms with Gasteiger partial charge in [-0.1, -0.05) is 18.2 Å². The second-order valence-corrected chi connectivity index (χ2v) is 9.22. The molecule has 0 bridgehead atoms. The van der Waals surface area contributed by atoms with E-state index in [-0.39, 0.29) is 24.1 Å². The summed E-state index contributed by atoms with van der Waals surface area (Å²) in [4.78, 5) is 34.1. The van der Waals surface area contributed by atoms with Crippen LogP contribution in [0.25, 0.3) is 20.7 Å². The number of para-hydroxylation sites is 2. The van der Waals surface area contributed by atoms with Gasteiger partial charge in [-0.3, -0.25) is 14.2 Å². The Labute approximate surface area is 192 Å². The highest BCUT2D eigenvalue weighted by atomic mass is 32.1. The number of carbonyl (C=O) groups is 1. The maximum absolute atomic E-state index is 13.2. The molecule has 0 radical (unpaired) electrons. The van der Waals surface area contributed by atoms with Gasteiger partial charge in [0.2, 0.25) is 5.91 Å². The first-order chi connectivity index (χ1) is 15.6. The fourth-order valence-corrected chi connectivity index (χ4v) is 5.47. The summed E-state index contributed by atoms with van der Waals surface area (Å²) in [6, 6.07) is 11.4. The van der Waals surface area contributed by atoms with Crippen LogP contribution in [0.15, 0.2) is 58.3 Å². The lowest BCUT2D eigenvalue weighted by atomic mass is 10.2. The lowest BCUT2D eigenvalue weighted by Crippen LogP contribution is -2.45. The molecule has 5 rings (SSSR count). The first-order valence-corrected chi connectivity index (χ1v) is 12.1. The smallest absolute Gasteiger partial charge is 0.263 e. The predicted molar refractivity (Wildman–Crippen MR) is 126 cm³/mol. The quantitative estimate of drug-likeness (QED) is 0.430. The largest absolute Gasteiger partial charge is 0.486 e. The minimum absolute atomic E-state index is 0.0699. The van der Waals surface area contributed by atoms with E-state index in [4.69, 9.17) is 9.47 Å². The monoisotopic (exact) mass is 467 g/mol. The van der Waals surface area contributed by atoms with Crippen molar-refractivity contribution in [3.63, 3.8) is 0 Å². The van der Waals surface area contributed by atoms with Crippen molar-refractivity contribution in [2.75, 3.05) is 19.7 Å². The third kappa shape index (κ3) is 3.89. The van der Waals surface area contributed by atoms with Crippen LogP contribution in [0.1, 0.15) is 6.92 Å². The number of thiophene rings is 2. The SMILES string of the molecule is CCN(CC1COc2ccccc2O1)C(=O)Cn1cnc2scc(-c3cccs3)c2c1=O. The van der Waals surface area contributed by atoms with E-state index >= 15 is 0 Å². The van der Waals surface area contributed by atoms with E-state index in [1.807, 2.05) is 54.1 Å². The van der Waals surface area contributed by atoms with Crippen molar-refractivity contribution in [1.29, 1.82) is 0 Å². The van der Waals surface area contributed by atoms with Crippen molar-refractivity contribution < 1.29 is 14.3 Å². The number of hydrogen-bond acceptors (Lipinski definition) is 7. The van der Waals surface area contributed by atoms with E-state index in [2.05, 4.69) is 4.98 Å². The molecule has 0 aliphatic carbocycles. The van der Waals surface area contributed by atoms with Crippen LogP contribution in [0.3, 0.4) is 0 Å². The molecule has 3 aromatic heterocycles. The van der Waals surface area contributed by atoms with Gasteiger partial charge in [-0.05, 0) is 30.5 Å². The van der Waals surface area contributed by atoms with Gasteiger partial charge in [0.15, 0.2) is 17.6 Å². The number of benzene rings is 1. The summed E-state index contributed by atoms with van der Waals surface area (Å²) in [5.41, 5.74) is 0.674. The molecule has 1 aromatic carbocycles. The highest BCUT2D eigenvalue weighted by Crippen LogP contribution is 2.33. The Morgan fingerprint density at radius 2 is 2.06 bits per heavy atom. The molecule has 1 aliphatic heterocycles. The number of likely N-dealkylation sites (N-methyl/N-ethyl adjacent to an activating group) is 1. The zero-order valence-corrected chi connectivity index (χ0v) is 19.0. The maximum Gasteiger partial charge on any atom is 0.263 e. The van der Waals surface area contributed by atoms with E-state index in [0.29, 0.717) is 41.4 Å². The van der Waals surface area contributed by atoms with Gasteiger partial charge in [0, 0.05) is 22.4 Å². The molecule has 1 atom stereocenters. The number of ether oxygens (including phenoxy) is 2. The van der Waals surface area contributed by atoms with Crippen molar-refractivity contribution >= 4 is 38.8 Å². The summed E-state index contributed by atoms with van der Waals surface area (Å²) >= 11 is 3.02. The Morgan fingerprint density at radius 1 is 1.22 bits per heavy atom. The van der Waals surface area contributed by atoms with Crippen molar-refractivity contribution in [2.45, 2.75) is 19.6 Å². The zero-order chi connectivity index (χ0) is 22.1. The van der Waals surface area contributed by atoms with Crippen molar-refractivity contribution in [1.82, 2.24) is 14.5 Å². The van der Waals surface area contributed by atoms with Crippen LogP contribution in [0.4, 0.5) is 0 Å². The Hall–Kier alpha value is -3.17. The first-order valence-electron chi connectivity index (χ1n) is 10.3. The van der Waals surface area contributed by atoms with Gasteiger partial charge in [-0.2, -0.15) is 0 Å². The topological polar surface area (TPSA) is 73.7 Å². The van der Waals surface area contributed by atoms with Gasteiger partial charge >= 0.3 is 0 Å². The number of nitrogens with zero attached hydrogens (tertiary/aromatic N) is 3. The predicted octanol–water partition coefficient (Wildman–Crippen LogP) is 3.88. The van der Waals surface area contributed by atoms with Crippen LogP contribution >= 0.6 is 22.7 Å². The second kappa shape index (κ2) is 8.76. The number of fused-ring (bicyclic) bond motifs is 2. The van der Waals surface area contributed by atoms with Crippen molar-refractivity contribution in [2.24, 2.45) is 0 Å². The van der Waals surface area contributed by atoms with Gasteiger partial charge in [-0.25, -0.2) is 4.98 Å². The fraction of sp³-hybridized carbons (Fsp3) is 0.261. The molecule has 1 amide bonds. The summed E-state index contributed by atoms with van der Waals surface area (Å²) < 4.78 is 13.1. The molecule has 4 heterocycles. The normalized spacial score (nSPS) is 15.1. The van der Waals surface area contributed by atoms with Crippen LogP contribution in [0, 0.1) is 0 Å². The highest BCUT2D eigenvalue weighted by Gasteiger charge is 2.25. The number of carbonyl (C=O) groups excluding carboxylic acids is 1. The molecule has 1 aliphatic rings. The molecular weight excluding hydrogens is 446 g/mol. The maximum atomic E-state index is 13.2. The molecule has 32 heavy (non-hydrogen) atoms. The van der Waals surface area contributed by atoms with Crippen molar-refractivity contribution in [3.8, 4) is 21.9 Å². The standard InChI is InChI=1S/C23H21N3O4S2/c1-2-25(10-15-12-29-17-6-3-4-7-18(17)30-15)20(27)11-26-14-24-22-21(23(26)28)16(13-32-22)19-8-5-9-31-19/h3-9,13-15H,2,10-12H2,1H3. The van der Waals surface area contributed by atoms with Crippen LogP contribution in [-0.4, -0.2) is 46.2 Å².